The van der Waals surface area contributed by atoms with Crippen LogP contribution < -0.4 is 5.11 Å². The molecule has 0 fully saturated rings. The molecule has 0 spiro atoms. The molecule has 0 N–H and O–H groups in total. The Labute approximate surface area is 321 Å². The van der Waals surface area contributed by atoms with Gasteiger partial charge in [0, 0.05) is 19.3 Å². The Balaban J connectivity index is 3.94. The normalized spacial score (nSPS) is 12.9. The highest BCUT2D eigenvalue weighted by molar-refractivity contribution is 5.70. The zero-order valence-electron chi connectivity index (χ0n) is 35.0. The fourth-order valence-corrected chi connectivity index (χ4v) is 6.78. The topological polar surface area (TPSA) is 102 Å². The van der Waals surface area contributed by atoms with Gasteiger partial charge in [-0.1, -0.05) is 181 Å². The number of hydrogen-bond donors (Lipinski definition) is 0. The minimum atomic E-state index is -1.12. The number of carboxylic acid groups (broad SMARTS) is 1. The van der Waals surface area contributed by atoms with E-state index in [1.165, 1.54) is 135 Å². The summed E-state index contributed by atoms with van der Waals surface area (Å²) in [6, 6.07) is -0.717. The van der Waals surface area contributed by atoms with Gasteiger partial charge in [0.25, 0.3) is 0 Å². The van der Waals surface area contributed by atoms with Crippen LogP contribution in [-0.4, -0.2) is 75.5 Å². The second-order valence-electron chi connectivity index (χ2n) is 16.3. The van der Waals surface area contributed by atoms with E-state index in [1.54, 1.807) is 21.1 Å². The molecule has 0 saturated carbocycles. The van der Waals surface area contributed by atoms with Gasteiger partial charge in [-0.2, -0.15) is 0 Å². The van der Waals surface area contributed by atoms with E-state index in [4.69, 9.17) is 14.2 Å². The van der Waals surface area contributed by atoms with Crippen LogP contribution in [0.4, 0.5) is 0 Å². The molecule has 0 radical (unpaired) electrons. The van der Waals surface area contributed by atoms with E-state index in [0.29, 0.717) is 12.8 Å². The first-order chi connectivity index (χ1) is 25.1. The number of likely N-dealkylation sites (N-methyl/N-ethyl adjacent to an activating group) is 1. The number of unbranched alkanes of at least 4 members (excludes halogenated alkanes) is 26. The van der Waals surface area contributed by atoms with E-state index in [-0.39, 0.29) is 42.7 Å². The molecule has 0 aliphatic rings. The monoisotopic (exact) mass is 740 g/mol. The third-order valence-electron chi connectivity index (χ3n) is 10.2. The van der Waals surface area contributed by atoms with Crippen molar-refractivity contribution >= 4 is 17.9 Å². The van der Waals surface area contributed by atoms with Gasteiger partial charge in [-0.05, 0) is 12.8 Å². The Bertz CT molecular complexity index is 828. The van der Waals surface area contributed by atoms with Crippen LogP contribution in [0, 0.1) is 0 Å². The number of ether oxygens (including phenoxy) is 3. The summed E-state index contributed by atoms with van der Waals surface area (Å²) in [7, 11) is 5.40. The maximum Gasteiger partial charge on any atom is 0.306 e. The van der Waals surface area contributed by atoms with Crippen molar-refractivity contribution in [1.82, 2.24) is 0 Å². The summed E-state index contributed by atoms with van der Waals surface area (Å²) in [5.41, 5.74) is 0. The molecule has 0 bridgehead atoms. The van der Waals surface area contributed by atoms with E-state index >= 15 is 0 Å². The molecule has 2 unspecified atom stereocenters. The Morgan fingerprint density at radius 3 is 1.21 bits per heavy atom. The molecule has 8 heteroatoms. The highest BCUT2D eigenvalue weighted by Gasteiger charge is 2.25. The number of quaternary nitrogens is 1. The SMILES string of the molecule is CCCCCCCCCCCCCCCCCCCCCCCCCCC(=O)OC(COCCC(C(=O)[O-])[N+](C)(C)C)COC(=O)CCCCCC. The van der Waals surface area contributed by atoms with Gasteiger partial charge in [-0.25, -0.2) is 0 Å². The summed E-state index contributed by atoms with van der Waals surface area (Å²) >= 11 is 0. The number of carbonyl (C=O) groups is 3. The first-order valence-electron chi connectivity index (χ1n) is 22.1. The number of carboxylic acids is 1. The Morgan fingerprint density at radius 2 is 0.846 bits per heavy atom. The van der Waals surface area contributed by atoms with Gasteiger partial charge in [0.05, 0.1) is 40.3 Å². The zero-order valence-corrected chi connectivity index (χ0v) is 35.0. The van der Waals surface area contributed by atoms with Crippen molar-refractivity contribution < 1.29 is 38.2 Å². The number of nitrogens with zero attached hydrogens (tertiary/aromatic N) is 1. The number of carbonyl (C=O) groups excluding carboxylic acids is 3. The predicted octanol–water partition coefficient (Wildman–Crippen LogP) is 10.4. The summed E-state index contributed by atoms with van der Waals surface area (Å²) in [5, 5.41) is 11.5. The molecule has 0 amide bonds. The van der Waals surface area contributed by atoms with Crippen LogP contribution in [0.3, 0.4) is 0 Å². The molecule has 2 atom stereocenters. The number of aliphatic carboxylic acids is 1. The largest absolute Gasteiger partial charge is 0.544 e. The second-order valence-corrected chi connectivity index (χ2v) is 16.3. The van der Waals surface area contributed by atoms with Gasteiger partial charge in [-0.15, -0.1) is 0 Å². The van der Waals surface area contributed by atoms with E-state index in [0.717, 1.165) is 44.9 Å². The minimum absolute atomic E-state index is 0.0468. The lowest BCUT2D eigenvalue weighted by Gasteiger charge is -2.34. The van der Waals surface area contributed by atoms with Crippen molar-refractivity contribution in [2.75, 3.05) is 41.0 Å². The maximum absolute atomic E-state index is 12.6. The van der Waals surface area contributed by atoms with Crippen LogP contribution in [-0.2, 0) is 28.6 Å². The van der Waals surface area contributed by atoms with Crippen LogP contribution in [0.25, 0.3) is 0 Å². The predicted molar refractivity (Wildman–Crippen MR) is 213 cm³/mol. The lowest BCUT2D eigenvalue weighted by Crippen LogP contribution is -2.55. The second kappa shape index (κ2) is 36.3. The first kappa shape index (κ1) is 50.3. The molecular weight excluding hydrogens is 654 g/mol. The number of esters is 2. The highest BCUT2D eigenvalue weighted by atomic mass is 16.6. The van der Waals surface area contributed by atoms with Gasteiger partial charge >= 0.3 is 11.9 Å². The van der Waals surface area contributed by atoms with Gasteiger partial charge < -0.3 is 28.6 Å². The Morgan fingerprint density at radius 1 is 0.500 bits per heavy atom. The molecule has 0 rings (SSSR count). The molecule has 52 heavy (non-hydrogen) atoms. The highest BCUT2D eigenvalue weighted by Crippen LogP contribution is 2.16. The van der Waals surface area contributed by atoms with Crippen LogP contribution in [0.15, 0.2) is 0 Å². The average molecular weight is 740 g/mol. The lowest BCUT2D eigenvalue weighted by molar-refractivity contribution is -0.889. The molecule has 0 aromatic rings. The summed E-state index contributed by atoms with van der Waals surface area (Å²) in [6.07, 6.45) is 36.2. The molecule has 308 valence electrons. The fraction of sp³-hybridized carbons (Fsp3) is 0.932. The number of rotatable bonds is 40. The Hall–Kier alpha value is -1.67. The fourth-order valence-electron chi connectivity index (χ4n) is 6.78. The van der Waals surface area contributed by atoms with Crippen LogP contribution >= 0.6 is 0 Å². The van der Waals surface area contributed by atoms with Crippen molar-refractivity contribution in [2.24, 2.45) is 0 Å². The average Bonchev–Trinajstić information content (AvgIpc) is 3.09. The Kier molecular flexibility index (Phi) is 35.1. The third kappa shape index (κ3) is 34.1. The molecule has 0 heterocycles. The molecule has 0 aromatic carbocycles. The smallest absolute Gasteiger partial charge is 0.306 e. The van der Waals surface area contributed by atoms with Gasteiger partial charge in [0.15, 0.2) is 6.10 Å². The van der Waals surface area contributed by atoms with Crippen molar-refractivity contribution in [3.63, 3.8) is 0 Å². The van der Waals surface area contributed by atoms with Gasteiger partial charge in [0.2, 0.25) is 0 Å². The van der Waals surface area contributed by atoms with Crippen LogP contribution in [0.5, 0.6) is 0 Å². The van der Waals surface area contributed by atoms with Gasteiger partial charge in [0.1, 0.15) is 12.6 Å². The van der Waals surface area contributed by atoms with E-state index < -0.39 is 18.1 Å². The molecular formula is C44H85NO7. The first-order valence-corrected chi connectivity index (χ1v) is 22.1. The van der Waals surface area contributed by atoms with Crippen molar-refractivity contribution in [3.8, 4) is 0 Å². The quantitative estimate of drug-likeness (QED) is 0.0350. The molecule has 0 aliphatic heterocycles. The maximum atomic E-state index is 12.6. The van der Waals surface area contributed by atoms with Gasteiger partial charge in [-0.3, -0.25) is 9.59 Å². The number of hydrogen-bond acceptors (Lipinski definition) is 7. The third-order valence-corrected chi connectivity index (χ3v) is 10.2. The van der Waals surface area contributed by atoms with E-state index in [2.05, 4.69) is 13.8 Å². The molecule has 8 nitrogen and oxygen atoms in total. The van der Waals surface area contributed by atoms with E-state index in [1.807, 2.05) is 0 Å². The van der Waals surface area contributed by atoms with Crippen molar-refractivity contribution in [1.29, 1.82) is 0 Å². The summed E-state index contributed by atoms with van der Waals surface area (Å²) < 4.78 is 17.0. The molecule has 0 saturated heterocycles. The summed E-state index contributed by atoms with van der Waals surface area (Å²) in [4.78, 5) is 36.4. The van der Waals surface area contributed by atoms with Crippen molar-refractivity contribution in [3.05, 3.63) is 0 Å². The van der Waals surface area contributed by atoms with Crippen LogP contribution in [0.2, 0.25) is 0 Å². The lowest BCUT2D eigenvalue weighted by atomic mass is 10.0. The minimum Gasteiger partial charge on any atom is -0.544 e. The zero-order chi connectivity index (χ0) is 38.5. The standard InChI is InChI=1S/C44H85NO7/c1-6-8-10-12-13-14-15-16-17-18-19-20-21-22-23-24-25-26-27-28-29-30-31-33-35-43(47)52-40(39-51-42(46)34-32-11-9-7-2)38-50-37-36-41(44(48)49)45(3,4)5/h40-41H,6-39H2,1-5H3. The summed E-state index contributed by atoms with van der Waals surface area (Å²) in [5.74, 6) is -1.74. The summed E-state index contributed by atoms with van der Waals surface area (Å²) in [6.45, 7) is 4.57. The van der Waals surface area contributed by atoms with Crippen molar-refractivity contribution in [2.45, 2.75) is 225 Å². The van der Waals surface area contributed by atoms with Crippen LogP contribution in [0.1, 0.15) is 213 Å². The van der Waals surface area contributed by atoms with E-state index in [9.17, 15) is 19.5 Å². The molecule has 0 aliphatic carbocycles. The molecule has 0 aromatic heterocycles.